The van der Waals surface area contributed by atoms with Crippen molar-refractivity contribution in [2.45, 2.75) is 32.4 Å². The standard InChI is InChI=1S/C24H22N6O4/c1-2-25-21(31)14-7-11-16(12-8-14)30-19(20(27-28-30)22(32)26-15-9-10-15)13-29-23(33)17-5-3-4-6-18(17)24(29)34/h3-8,11-12,15H,2,9-10,13H2,1H3,(H,25,31)(H,26,32)/p-1. The van der Waals surface area contributed by atoms with E-state index in [0.29, 0.717) is 34.6 Å². The van der Waals surface area contributed by atoms with Gasteiger partial charge in [-0.25, -0.2) is 4.68 Å². The Labute approximate surface area is 194 Å². The summed E-state index contributed by atoms with van der Waals surface area (Å²) in [4.78, 5) is 43.7. The molecule has 172 valence electrons. The molecule has 2 aromatic carbocycles. The average Bonchev–Trinajstić information content (AvgIpc) is 3.51. The van der Waals surface area contributed by atoms with E-state index >= 15 is 0 Å². The molecule has 1 aliphatic carbocycles. The second-order valence-electron chi connectivity index (χ2n) is 8.11. The first-order chi connectivity index (χ1) is 16.5. The van der Waals surface area contributed by atoms with Crippen LogP contribution in [0.25, 0.3) is 5.69 Å². The van der Waals surface area contributed by atoms with Crippen molar-refractivity contribution in [2.75, 3.05) is 6.54 Å². The molecule has 34 heavy (non-hydrogen) atoms. The van der Waals surface area contributed by atoms with E-state index in [1.807, 2.05) is 0 Å². The first kappa shape index (κ1) is 21.5. The van der Waals surface area contributed by atoms with Gasteiger partial charge in [0.15, 0.2) is 5.69 Å². The van der Waals surface area contributed by atoms with Crippen LogP contribution in [0.5, 0.6) is 0 Å². The molecule has 1 saturated carbocycles. The molecule has 10 heteroatoms. The Morgan fingerprint density at radius 2 is 1.74 bits per heavy atom. The lowest BCUT2D eigenvalue weighted by Gasteiger charge is -2.16. The summed E-state index contributed by atoms with van der Waals surface area (Å²) in [5.41, 5.74) is 1.92. The largest absolute Gasteiger partial charge is 0.858 e. The first-order valence-electron chi connectivity index (χ1n) is 11.0. The van der Waals surface area contributed by atoms with E-state index in [1.165, 1.54) is 4.68 Å². The van der Waals surface area contributed by atoms with Crippen LogP contribution < -0.4 is 10.4 Å². The number of carbonyl (C=O) groups is 3. The number of nitrogens with zero attached hydrogens (tertiary/aromatic N) is 5. The SMILES string of the molecule is CCN=C([O-])c1ccc(-n2nnc(C(=O)NC3CC3)c2CN2C(=O)c3ccccc3C2=O)cc1. The molecule has 0 atom stereocenters. The smallest absolute Gasteiger partial charge is 0.274 e. The maximum absolute atomic E-state index is 12.9. The van der Waals surface area contributed by atoms with Crippen LogP contribution in [0.3, 0.4) is 0 Å². The molecule has 0 spiro atoms. The second kappa shape index (κ2) is 8.54. The van der Waals surface area contributed by atoms with E-state index in [0.717, 1.165) is 17.7 Å². The van der Waals surface area contributed by atoms with Gasteiger partial charge in [0.1, 0.15) is 0 Å². The fourth-order valence-electron chi connectivity index (χ4n) is 3.82. The summed E-state index contributed by atoms with van der Waals surface area (Å²) < 4.78 is 1.41. The minimum absolute atomic E-state index is 0.0459. The van der Waals surface area contributed by atoms with Gasteiger partial charge in [0.05, 0.1) is 29.1 Å². The van der Waals surface area contributed by atoms with Crippen LogP contribution in [0.15, 0.2) is 53.5 Å². The normalized spacial score (nSPS) is 15.6. The highest BCUT2D eigenvalue weighted by molar-refractivity contribution is 6.21. The number of aromatic nitrogens is 3. The van der Waals surface area contributed by atoms with Gasteiger partial charge in [0, 0.05) is 12.6 Å². The van der Waals surface area contributed by atoms with E-state index < -0.39 is 17.7 Å². The van der Waals surface area contributed by atoms with Crippen LogP contribution in [-0.4, -0.2) is 56.1 Å². The van der Waals surface area contributed by atoms with Gasteiger partial charge in [0.2, 0.25) is 0 Å². The summed E-state index contributed by atoms with van der Waals surface area (Å²) in [6.07, 6.45) is 1.79. The third-order valence-electron chi connectivity index (χ3n) is 5.74. The molecular formula is C24H21N6O4-. The molecule has 2 heterocycles. The maximum Gasteiger partial charge on any atom is 0.274 e. The number of nitrogens with one attached hydrogen (secondary N) is 1. The molecule has 0 bridgehead atoms. The summed E-state index contributed by atoms with van der Waals surface area (Å²) >= 11 is 0. The lowest BCUT2D eigenvalue weighted by molar-refractivity contribution is -0.213. The zero-order chi connectivity index (χ0) is 23.8. The Bertz CT molecular complexity index is 1290. The Morgan fingerprint density at radius 3 is 2.32 bits per heavy atom. The van der Waals surface area contributed by atoms with Gasteiger partial charge in [0.25, 0.3) is 17.7 Å². The Morgan fingerprint density at radius 1 is 1.09 bits per heavy atom. The zero-order valence-electron chi connectivity index (χ0n) is 18.4. The van der Waals surface area contributed by atoms with Crippen LogP contribution >= 0.6 is 0 Å². The first-order valence-corrected chi connectivity index (χ1v) is 11.0. The van der Waals surface area contributed by atoms with Gasteiger partial charge in [-0.1, -0.05) is 29.5 Å². The molecule has 1 aliphatic heterocycles. The average molecular weight is 457 g/mol. The topological polar surface area (TPSA) is 133 Å². The number of rotatable bonds is 7. The summed E-state index contributed by atoms with van der Waals surface area (Å²) in [6.45, 7) is 1.98. The number of hydrogen-bond acceptors (Lipinski definition) is 7. The minimum Gasteiger partial charge on any atom is -0.858 e. The van der Waals surface area contributed by atoms with Crippen molar-refractivity contribution >= 4 is 23.6 Å². The molecule has 5 rings (SSSR count). The van der Waals surface area contributed by atoms with E-state index in [2.05, 4.69) is 20.6 Å². The molecule has 0 saturated heterocycles. The van der Waals surface area contributed by atoms with Crippen molar-refractivity contribution in [3.63, 3.8) is 0 Å². The summed E-state index contributed by atoms with van der Waals surface area (Å²) in [6, 6.07) is 13.2. The highest BCUT2D eigenvalue weighted by atomic mass is 16.3. The minimum atomic E-state index is -0.441. The summed E-state index contributed by atoms with van der Waals surface area (Å²) in [5.74, 6) is -1.62. The molecule has 0 radical (unpaired) electrons. The van der Waals surface area contributed by atoms with Crippen molar-refractivity contribution in [2.24, 2.45) is 4.99 Å². The number of fused-ring (bicyclic) bond motifs is 1. The summed E-state index contributed by atoms with van der Waals surface area (Å²) in [7, 11) is 0. The second-order valence-corrected chi connectivity index (χ2v) is 8.11. The van der Waals surface area contributed by atoms with Gasteiger partial charge < -0.3 is 15.4 Å². The fraction of sp³-hybridized carbons (Fsp3) is 0.250. The molecular weight excluding hydrogens is 436 g/mol. The number of hydrogen-bond donors (Lipinski definition) is 1. The van der Waals surface area contributed by atoms with Crippen molar-refractivity contribution in [1.82, 2.24) is 25.2 Å². The van der Waals surface area contributed by atoms with Crippen LogP contribution in [0.2, 0.25) is 0 Å². The van der Waals surface area contributed by atoms with E-state index in [-0.39, 0.29) is 24.2 Å². The zero-order valence-corrected chi connectivity index (χ0v) is 18.4. The lowest BCUT2D eigenvalue weighted by Crippen LogP contribution is -2.32. The van der Waals surface area contributed by atoms with Crippen molar-refractivity contribution in [3.05, 3.63) is 76.6 Å². The molecule has 0 unspecified atom stereocenters. The Balaban J connectivity index is 1.52. The Hall–Kier alpha value is -4.34. The van der Waals surface area contributed by atoms with Gasteiger partial charge >= 0.3 is 0 Å². The monoisotopic (exact) mass is 457 g/mol. The fourth-order valence-corrected chi connectivity index (χ4v) is 3.82. The van der Waals surface area contributed by atoms with Crippen molar-refractivity contribution in [1.29, 1.82) is 0 Å². The molecule has 2 aliphatic rings. The molecule has 1 aromatic heterocycles. The highest BCUT2D eigenvalue weighted by Gasteiger charge is 2.37. The molecule has 3 aromatic rings. The van der Waals surface area contributed by atoms with Crippen LogP contribution in [0.1, 0.15) is 62.2 Å². The Kier molecular flexibility index (Phi) is 5.40. The number of benzene rings is 2. The van der Waals surface area contributed by atoms with Gasteiger partial charge in [-0.15, -0.1) is 5.10 Å². The van der Waals surface area contributed by atoms with Crippen molar-refractivity contribution in [3.8, 4) is 5.69 Å². The predicted octanol–water partition coefficient (Wildman–Crippen LogP) is 1.08. The van der Waals surface area contributed by atoms with Crippen molar-refractivity contribution < 1.29 is 19.5 Å². The van der Waals surface area contributed by atoms with E-state index in [9.17, 15) is 19.5 Å². The third-order valence-corrected chi connectivity index (χ3v) is 5.74. The number of carbonyl (C=O) groups excluding carboxylic acids is 3. The maximum atomic E-state index is 12.9. The molecule has 10 nitrogen and oxygen atoms in total. The van der Waals surface area contributed by atoms with Gasteiger partial charge in [-0.3, -0.25) is 19.3 Å². The molecule has 1 fully saturated rings. The quantitative estimate of drug-likeness (QED) is 0.321. The summed E-state index contributed by atoms with van der Waals surface area (Å²) in [5, 5.41) is 23.1. The highest BCUT2D eigenvalue weighted by Crippen LogP contribution is 2.26. The molecule has 3 amide bonds. The number of aliphatic imine (C=N–C) groups is 1. The van der Waals surface area contributed by atoms with Crippen LogP contribution in [-0.2, 0) is 6.54 Å². The van der Waals surface area contributed by atoms with E-state index in [1.54, 1.807) is 55.5 Å². The van der Waals surface area contributed by atoms with Gasteiger partial charge in [-0.2, -0.15) is 0 Å². The number of amides is 3. The van der Waals surface area contributed by atoms with Gasteiger partial charge in [-0.05, 0) is 55.5 Å². The third kappa shape index (κ3) is 3.83. The van der Waals surface area contributed by atoms with Crippen LogP contribution in [0.4, 0.5) is 0 Å². The van der Waals surface area contributed by atoms with Crippen LogP contribution in [0, 0.1) is 0 Å². The lowest BCUT2D eigenvalue weighted by atomic mass is 10.1. The molecule has 1 N–H and O–H groups in total. The predicted molar refractivity (Wildman–Crippen MR) is 120 cm³/mol. The number of imide groups is 1. The van der Waals surface area contributed by atoms with E-state index in [4.69, 9.17) is 0 Å².